The average molecular weight is 277 g/mol. The lowest BCUT2D eigenvalue weighted by Crippen LogP contribution is -2.34. The molecule has 20 heavy (non-hydrogen) atoms. The molecule has 0 saturated carbocycles. The standard InChI is InChI=1S/C16H23NO3/c1-3-19-13-7-8-15(20-4-2)14(10-13)16(18)12-6-5-9-17-11-12/h7-8,10,12,17H,3-6,9,11H2,1-2H3. The fourth-order valence-electron chi connectivity index (χ4n) is 2.53. The molecule has 1 heterocycles. The molecule has 1 saturated heterocycles. The average Bonchev–Trinajstić information content (AvgIpc) is 2.49. The molecule has 0 aliphatic carbocycles. The molecule has 0 spiro atoms. The van der Waals surface area contributed by atoms with E-state index in [-0.39, 0.29) is 11.7 Å². The van der Waals surface area contributed by atoms with E-state index in [0.29, 0.717) is 24.5 Å². The number of benzene rings is 1. The van der Waals surface area contributed by atoms with Gasteiger partial charge >= 0.3 is 0 Å². The van der Waals surface area contributed by atoms with Gasteiger partial charge in [0.25, 0.3) is 0 Å². The summed E-state index contributed by atoms with van der Waals surface area (Å²) >= 11 is 0. The molecule has 1 aliphatic rings. The summed E-state index contributed by atoms with van der Waals surface area (Å²) in [6, 6.07) is 5.49. The second-order valence-corrected chi connectivity index (χ2v) is 4.93. The Morgan fingerprint density at radius 1 is 1.30 bits per heavy atom. The summed E-state index contributed by atoms with van der Waals surface area (Å²) in [7, 11) is 0. The number of piperidine rings is 1. The zero-order chi connectivity index (χ0) is 14.4. The molecule has 0 bridgehead atoms. The van der Waals surface area contributed by atoms with Crippen LogP contribution in [-0.2, 0) is 0 Å². The van der Waals surface area contributed by atoms with Crippen LogP contribution in [0.1, 0.15) is 37.0 Å². The van der Waals surface area contributed by atoms with Gasteiger partial charge in [-0.25, -0.2) is 0 Å². The molecule has 1 aromatic carbocycles. The fourth-order valence-corrected chi connectivity index (χ4v) is 2.53. The van der Waals surface area contributed by atoms with Crippen LogP contribution in [0, 0.1) is 5.92 Å². The lowest BCUT2D eigenvalue weighted by Gasteiger charge is -2.22. The second-order valence-electron chi connectivity index (χ2n) is 4.93. The van der Waals surface area contributed by atoms with E-state index in [1.807, 2.05) is 32.0 Å². The van der Waals surface area contributed by atoms with Gasteiger partial charge < -0.3 is 14.8 Å². The van der Waals surface area contributed by atoms with Crippen LogP contribution in [0.4, 0.5) is 0 Å². The van der Waals surface area contributed by atoms with Crippen molar-refractivity contribution in [2.75, 3.05) is 26.3 Å². The highest BCUT2D eigenvalue weighted by molar-refractivity contribution is 6.00. The number of hydrogen-bond acceptors (Lipinski definition) is 4. The summed E-state index contributed by atoms with van der Waals surface area (Å²) in [6.07, 6.45) is 1.99. The summed E-state index contributed by atoms with van der Waals surface area (Å²) in [5.41, 5.74) is 0.645. The Labute approximate surface area is 120 Å². The van der Waals surface area contributed by atoms with Crippen molar-refractivity contribution in [3.63, 3.8) is 0 Å². The van der Waals surface area contributed by atoms with Crippen LogP contribution in [-0.4, -0.2) is 32.1 Å². The third kappa shape index (κ3) is 3.51. The molecular formula is C16H23NO3. The van der Waals surface area contributed by atoms with Crippen LogP contribution in [0.3, 0.4) is 0 Å². The number of ether oxygens (including phenoxy) is 2. The van der Waals surface area contributed by atoms with E-state index in [4.69, 9.17) is 9.47 Å². The third-order valence-electron chi connectivity index (χ3n) is 3.49. The number of rotatable bonds is 6. The smallest absolute Gasteiger partial charge is 0.171 e. The van der Waals surface area contributed by atoms with Crippen molar-refractivity contribution in [2.45, 2.75) is 26.7 Å². The Hall–Kier alpha value is -1.55. The van der Waals surface area contributed by atoms with E-state index >= 15 is 0 Å². The summed E-state index contributed by atoms with van der Waals surface area (Å²) in [6.45, 7) is 6.75. The molecule has 1 fully saturated rings. The first-order valence-corrected chi connectivity index (χ1v) is 7.40. The highest BCUT2D eigenvalue weighted by Crippen LogP contribution is 2.28. The SMILES string of the molecule is CCOc1ccc(OCC)c(C(=O)C2CCCNC2)c1. The predicted molar refractivity (Wildman–Crippen MR) is 78.7 cm³/mol. The molecule has 1 N–H and O–H groups in total. The predicted octanol–water partition coefficient (Wildman–Crippen LogP) is 2.67. The van der Waals surface area contributed by atoms with Crippen molar-refractivity contribution in [3.8, 4) is 11.5 Å². The number of hydrogen-bond donors (Lipinski definition) is 1. The third-order valence-corrected chi connectivity index (χ3v) is 3.49. The van der Waals surface area contributed by atoms with Crippen LogP contribution in [0.15, 0.2) is 18.2 Å². The quantitative estimate of drug-likeness (QED) is 0.812. The maximum atomic E-state index is 12.7. The van der Waals surface area contributed by atoms with Gasteiger partial charge in [0, 0.05) is 12.5 Å². The molecule has 2 rings (SSSR count). The lowest BCUT2D eigenvalue weighted by atomic mass is 9.90. The Bertz CT molecular complexity index is 453. The number of ketones is 1. The first-order chi connectivity index (χ1) is 9.76. The van der Waals surface area contributed by atoms with Crippen molar-refractivity contribution in [1.29, 1.82) is 0 Å². The van der Waals surface area contributed by atoms with E-state index < -0.39 is 0 Å². The highest BCUT2D eigenvalue weighted by Gasteiger charge is 2.25. The highest BCUT2D eigenvalue weighted by atomic mass is 16.5. The Morgan fingerprint density at radius 2 is 2.10 bits per heavy atom. The minimum atomic E-state index is 0.0415. The second kappa shape index (κ2) is 7.29. The minimum absolute atomic E-state index is 0.0415. The summed E-state index contributed by atoms with van der Waals surface area (Å²) in [5.74, 6) is 1.58. The number of carbonyl (C=O) groups is 1. The largest absolute Gasteiger partial charge is 0.494 e. The van der Waals surface area contributed by atoms with Gasteiger partial charge in [0.2, 0.25) is 0 Å². The zero-order valence-electron chi connectivity index (χ0n) is 12.3. The van der Waals surface area contributed by atoms with Gasteiger partial charge in [-0.1, -0.05) is 0 Å². The molecule has 4 heteroatoms. The van der Waals surface area contributed by atoms with Gasteiger partial charge in [0.1, 0.15) is 11.5 Å². The van der Waals surface area contributed by atoms with E-state index in [2.05, 4.69) is 5.32 Å². The normalized spacial score (nSPS) is 18.6. The van der Waals surface area contributed by atoms with E-state index in [9.17, 15) is 4.79 Å². The van der Waals surface area contributed by atoms with Crippen molar-refractivity contribution in [2.24, 2.45) is 5.92 Å². The van der Waals surface area contributed by atoms with Crippen LogP contribution < -0.4 is 14.8 Å². The fraction of sp³-hybridized carbons (Fsp3) is 0.562. The van der Waals surface area contributed by atoms with Crippen molar-refractivity contribution >= 4 is 5.78 Å². The monoisotopic (exact) mass is 277 g/mol. The van der Waals surface area contributed by atoms with Crippen LogP contribution in [0.25, 0.3) is 0 Å². The molecule has 1 atom stereocenters. The maximum Gasteiger partial charge on any atom is 0.171 e. The van der Waals surface area contributed by atoms with Gasteiger partial charge in [-0.2, -0.15) is 0 Å². The maximum absolute atomic E-state index is 12.7. The number of carbonyl (C=O) groups excluding carboxylic acids is 1. The Kier molecular flexibility index (Phi) is 5.41. The summed E-state index contributed by atoms with van der Waals surface area (Å²) < 4.78 is 11.1. The van der Waals surface area contributed by atoms with Crippen molar-refractivity contribution in [3.05, 3.63) is 23.8 Å². The summed E-state index contributed by atoms with van der Waals surface area (Å²) in [5, 5.41) is 3.28. The van der Waals surface area contributed by atoms with E-state index in [0.717, 1.165) is 31.7 Å². The molecule has 0 aromatic heterocycles. The topological polar surface area (TPSA) is 47.6 Å². The van der Waals surface area contributed by atoms with Crippen LogP contribution in [0.5, 0.6) is 11.5 Å². The van der Waals surface area contributed by atoms with Crippen LogP contribution in [0.2, 0.25) is 0 Å². The molecular weight excluding hydrogens is 254 g/mol. The minimum Gasteiger partial charge on any atom is -0.494 e. The van der Waals surface area contributed by atoms with Gasteiger partial charge in [0.05, 0.1) is 18.8 Å². The first kappa shape index (κ1) is 14.9. The van der Waals surface area contributed by atoms with Crippen LogP contribution >= 0.6 is 0 Å². The number of nitrogens with one attached hydrogen (secondary N) is 1. The van der Waals surface area contributed by atoms with E-state index in [1.54, 1.807) is 0 Å². The Balaban J connectivity index is 2.25. The lowest BCUT2D eigenvalue weighted by molar-refractivity contribution is 0.0895. The molecule has 110 valence electrons. The van der Waals surface area contributed by atoms with Gasteiger partial charge in [-0.3, -0.25) is 4.79 Å². The van der Waals surface area contributed by atoms with Gasteiger partial charge in [-0.15, -0.1) is 0 Å². The van der Waals surface area contributed by atoms with E-state index in [1.165, 1.54) is 0 Å². The molecule has 1 unspecified atom stereocenters. The molecule has 1 aliphatic heterocycles. The molecule has 0 amide bonds. The Morgan fingerprint density at radius 3 is 2.75 bits per heavy atom. The van der Waals surface area contributed by atoms with Crippen molar-refractivity contribution in [1.82, 2.24) is 5.32 Å². The van der Waals surface area contributed by atoms with Gasteiger partial charge in [-0.05, 0) is 51.4 Å². The van der Waals surface area contributed by atoms with Crippen molar-refractivity contribution < 1.29 is 14.3 Å². The molecule has 1 aromatic rings. The zero-order valence-corrected chi connectivity index (χ0v) is 12.3. The summed E-state index contributed by atoms with van der Waals surface area (Å²) in [4.78, 5) is 12.7. The first-order valence-electron chi connectivity index (χ1n) is 7.40. The van der Waals surface area contributed by atoms with Gasteiger partial charge in [0.15, 0.2) is 5.78 Å². The molecule has 0 radical (unpaired) electrons. The molecule has 4 nitrogen and oxygen atoms in total. The number of Topliss-reactive ketones (excluding diaryl/α,β-unsaturated/α-hetero) is 1.